The molecule has 0 spiro atoms. The molecule has 1 unspecified atom stereocenters. The van der Waals surface area contributed by atoms with Crippen LogP contribution < -0.4 is 22.1 Å². The van der Waals surface area contributed by atoms with Crippen LogP contribution in [0.25, 0.3) is 10.9 Å². The number of nitrogens with one attached hydrogen (secondary N) is 1. The second-order valence-electron chi connectivity index (χ2n) is 7.56. The van der Waals surface area contributed by atoms with Crippen LogP contribution in [0.4, 0.5) is 5.69 Å². The maximum Gasteiger partial charge on any atom is 0.263 e. The number of fused-ring (bicyclic) bond motifs is 1. The second kappa shape index (κ2) is 5.28. The molecule has 1 aliphatic rings. The number of hydrogen-bond donors (Lipinski definition) is 2. The average Bonchev–Trinajstić information content (AvgIpc) is 2.43. The molecule has 2 aromatic rings. The summed E-state index contributed by atoms with van der Waals surface area (Å²) in [5.74, 6) is -0.449. The molecule has 124 valence electrons. The Bertz CT molecular complexity index is 1000. The molecule has 1 fully saturated rings. The predicted molar refractivity (Wildman–Crippen MR) is 107 cm³/mol. The molecule has 25 heavy (non-hydrogen) atoms. The van der Waals surface area contributed by atoms with Gasteiger partial charge in [-0.15, -0.1) is 0 Å². The Morgan fingerprint density at radius 3 is 2.48 bits per heavy atom. The summed E-state index contributed by atoms with van der Waals surface area (Å²) in [5.41, 5.74) is 6.17. The first-order valence-corrected chi connectivity index (χ1v) is 8.13. The Hall–Kier alpha value is -2.44. The standard InChI is InChI=1S/C14H18B4N4O3/c1-5-20-8-3-6(15)2-7(19)10(8)11(24)22(5)14(18)12(25)21-9(23)4-13(14,16)17/h2-3H,4,15-19H2,1H3,(H,21,23,25). The summed E-state index contributed by atoms with van der Waals surface area (Å²) in [5, 5.41) is 1.88. The van der Waals surface area contributed by atoms with E-state index in [9.17, 15) is 14.4 Å². The van der Waals surface area contributed by atoms with Gasteiger partial charge in [0.05, 0.1) is 16.3 Å². The number of nitrogens with two attached hydrogens (primary N) is 1. The van der Waals surface area contributed by atoms with Crippen molar-refractivity contribution in [1.82, 2.24) is 14.9 Å². The van der Waals surface area contributed by atoms with Crippen LogP contribution in [0.3, 0.4) is 0 Å². The van der Waals surface area contributed by atoms with Crippen molar-refractivity contribution in [3.05, 3.63) is 28.3 Å². The third-order valence-electron chi connectivity index (χ3n) is 5.38. The number of amides is 2. The maximum absolute atomic E-state index is 13.3. The molecule has 1 atom stereocenters. The average molecular weight is 334 g/mol. The Balaban J connectivity index is 2.41. The van der Waals surface area contributed by atoms with Crippen LogP contribution in [0.5, 0.6) is 0 Å². The zero-order valence-corrected chi connectivity index (χ0v) is 15.1. The van der Waals surface area contributed by atoms with E-state index in [1.807, 2.05) is 7.85 Å². The van der Waals surface area contributed by atoms with Crippen LogP contribution in [0.15, 0.2) is 16.9 Å². The number of anilines is 1. The van der Waals surface area contributed by atoms with Gasteiger partial charge in [-0.3, -0.25) is 24.3 Å². The van der Waals surface area contributed by atoms with Crippen LogP contribution in [0.2, 0.25) is 5.21 Å². The number of nitrogen functional groups attached to an aromatic ring is 1. The highest BCUT2D eigenvalue weighted by Crippen LogP contribution is 2.42. The van der Waals surface area contributed by atoms with E-state index in [-0.39, 0.29) is 23.3 Å². The minimum atomic E-state index is -1.26. The minimum absolute atomic E-state index is 0.128. The number of carbonyl (C=O) groups excluding carboxylic acids is 2. The molecule has 0 radical (unpaired) electrons. The zero-order chi connectivity index (χ0) is 18.7. The lowest BCUT2D eigenvalue weighted by Crippen LogP contribution is -2.66. The molecular weight excluding hydrogens is 315 g/mol. The van der Waals surface area contributed by atoms with Gasteiger partial charge in [-0.25, -0.2) is 4.98 Å². The van der Waals surface area contributed by atoms with Crippen molar-refractivity contribution in [3.63, 3.8) is 0 Å². The molecule has 1 aromatic carbocycles. The summed E-state index contributed by atoms with van der Waals surface area (Å²) in [6.07, 6.45) is 0.128. The number of nitrogens with zero attached hydrogens (tertiary/aromatic N) is 2. The van der Waals surface area contributed by atoms with Gasteiger partial charge in [0.15, 0.2) is 0 Å². The van der Waals surface area contributed by atoms with Gasteiger partial charge < -0.3 is 5.73 Å². The fourth-order valence-electron chi connectivity index (χ4n) is 3.70. The number of benzene rings is 1. The Morgan fingerprint density at radius 1 is 1.24 bits per heavy atom. The second-order valence-corrected chi connectivity index (χ2v) is 7.56. The number of imide groups is 1. The monoisotopic (exact) mass is 334 g/mol. The number of aryl methyl sites for hydroxylation is 1. The molecule has 3 rings (SSSR count). The van der Waals surface area contributed by atoms with Crippen molar-refractivity contribution in [1.29, 1.82) is 0 Å². The summed E-state index contributed by atoms with van der Waals surface area (Å²) < 4.78 is 1.38. The van der Waals surface area contributed by atoms with Crippen molar-refractivity contribution < 1.29 is 9.59 Å². The van der Waals surface area contributed by atoms with Crippen molar-refractivity contribution in [2.75, 3.05) is 5.73 Å². The van der Waals surface area contributed by atoms with Crippen LogP contribution >= 0.6 is 0 Å². The zero-order valence-electron chi connectivity index (χ0n) is 15.1. The summed E-state index contributed by atoms with van der Waals surface area (Å²) in [7, 11) is 7.15. The van der Waals surface area contributed by atoms with Crippen molar-refractivity contribution >= 4 is 65.3 Å². The van der Waals surface area contributed by atoms with E-state index in [2.05, 4.69) is 10.3 Å². The fourth-order valence-corrected chi connectivity index (χ4v) is 3.70. The molecule has 0 bridgehead atoms. The number of rotatable bonds is 1. The van der Waals surface area contributed by atoms with E-state index in [1.165, 1.54) is 4.57 Å². The van der Waals surface area contributed by atoms with Crippen LogP contribution in [0, 0.1) is 6.92 Å². The van der Waals surface area contributed by atoms with Crippen LogP contribution in [0.1, 0.15) is 12.2 Å². The van der Waals surface area contributed by atoms with Gasteiger partial charge in [0.25, 0.3) is 5.56 Å². The minimum Gasteiger partial charge on any atom is -0.398 e. The molecule has 7 nitrogen and oxygen atoms in total. The van der Waals surface area contributed by atoms with E-state index in [1.54, 1.807) is 42.6 Å². The third kappa shape index (κ3) is 2.33. The number of aromatic nitrogens is 2. The van der Waals surface area contributed by atoms with Crippen molar-refractivity contribution in [3.8, 4) is 0 Å². The summed E-state index contributed by atoms with van der Waals surface area (Å²) in [6.45, 7) is 1.68. The highest BCUT2D eigenvalue weighted by Gasteiger charge is 2.53. The van der Waals surface area contributed by atoms with Gasteiger partial charge in [0.1, 0.15) is 37.2 Å². The first-order chi connectivity index (χ1) is 11.5. The fraction of sp³-hybridized carbons (Fsp3) is 0.286. The lowest BCUT2D eigenvalue weighted by Gasteiger charge is -2.47. The van der Waals surface area contributed by atoms with E-state index in [0.717, 1.165) is 5.46 Å². The molecule has 1 aliphatic heterocycles. The number of piperidine rings is 1. The molecule has 1 aromatic heterocycles. The van der Waals surface area contributed by atoms with Crippen LogP contribution in [-0.4, -0.2) is 52.8 Å². The van der Waals surface area contributed by atoms with E-state index >= 15 is 0 Å². The topological polar surface area (TPSA) is 107 Å². The van der Waals surface area contributed by atoms with E-state index < -0.39 is 16.6 Å². The molecule has 2 heterocycles. The van der Waals surface area contributed by atoms with Gasteiger partial charge >= 0.3 is 0 Å². The summed E-state index contributed by atoms with van der Waals surface area (Å²) in [6, 6.07) is 3.51. The SMILES string of the molecule is Bc1cc(N)c2c(=O)n(C3(B)C(=O)NC(=O)CC3(B)B)c(C)nc2c1. The lowest BCUT2D eigenvalue weighted by molar-refractivity contribution is -0.138. The molecule has 2 amide bonds. The van der Waals surface area contributed by atoms with Gasteiger partial charge in [0, 0.05) is 12.1 Å². The van der Waals surface area contributed by atoms with Gasteiger partial charge in [-0.2, -0.15) is 0 Å². The summed E-state index contributed by atoms with van der Waals surface area (Å²) in [4.78, 5) is 42.4. The van der Waals surface area contributed by atoms with Crippen LogP contribution in [-0.2, 0) is 15.0 Å². The lowest BCUT2D eigenvalue weighted by atomic mass is 9.37. The molecule has 1 saturated heterocycles. The van der Waals surface area contributed by atoms with Gasteiger partial charge in [-0.1, -0.05) is 10.7 Å². The molecule has 0 saturated carbocycles. The van der Waals surface area contributed by atoms with Crippen molar-refractivity contribution in [2.45, 2.75) is 24.0 Å². The Morgan fingerprint density at radius 2 is 1.88 bits per heavy atom. The Labute approximate surface area is 148 Å². The normalized spacial score (nSPS) is 22.8. The van der Waals surface area contributed by atoms with E-state index in [0.29, 0.717) is 17.0 Å². The highest BCUT2D eigenvalue weighted by atomic mass is 16.2. The first-order valence-electron chi connectivity index (χ1n) is 8.13. The first kappa shape index (κ1) is 17.4. The third-order valence-corrected chi connectivity index (χ3v) is 5.38. The van der Waals surface area contributed by atoms with Gasteiger partial charge in [-0.05, 0) is 19.1 Å². The predicted octanol–water partition coefficient (Wildman–Crippen LogP) is -4.74. The molecular formula is C14H18B4N4O3. The van der Waals surface area contributed by atoms with Gasteiger partial charge in [0.2, 0.25) is 11.8 Å². The maximum atomic E-state index is 13.3. The largest absolute Gasteiger partial charge is 0.398 e. The molecule has 0 aliphatic carbocycles. The smallest absolute Gasteiger partial charge is 0.263 e. The number of carbonyl (C=O) groups is 2. The molecule has 3 N–H and O–H groups in total. The number of hydrogen-bond acceptors (Lipinski definition) is 5. The molecule has 11 heteroatoms. The quantitative estimate of drug-likeness (QED) is 0.310. The van der Waals surface area contributed by atoms with Crippen molar-refractivity contribution in [2.24, 2.45) is 0 Å². The Kier molecular flexibility index (Phi) is 3.67. The van der Waals surface area contributed by atoms with E-state index in [4.69, 9.17) is 5.73 Å². The highest BCUT2D eigenvalue weighted by molar-refractivity contribution is 6.50. The summed E-state index contributed by atoms with van der Waals surface area (Å²) >= 11 is 0.